The summed E-state index contributed by atoms with van der Waals surface area (Å²) < 4.78 is 16.7. The third kappa shape index (κ3) is 5.63. The van der Waals surface area contributed by atoms with Crippen LogP contribution >= 0.6 is 11.6 Å². The number of ether oxygens (including phenoxy) is 2. The maximum Gasteiger partial charge on any atom is 0.257 e. The zero-order chi connectivity index (χ0) is 28.6. The van der Waals surface area contributed by atoms with E-state index in [4.69, 9.17) is 31.3 Å². The minimum absolute atomic E-state index is 0.0242. The van der Waals surface area contributed by atoms with Gasteiger partial charge in [0, 0.05) is 23.8 Å². The van der Waals surface area contributed by atoms with Crippen LogP contribution in [0.25, 0.3) is 11.3 Å². The number of nitrogen functional groups attached to an aromatic ring is 1. The molecule has 1 unspecified atom stereocenters. The number of hydrogen-bond donors (Lipinski definition) is 9. The first-order valence-electron chi connectivity index (χ1n) is 12.2. The molecule has 2 aliphatic rings. The number of hydrogen-bond acceptors (Lipinski definition) is 13. The Hall–Kier alpha value is -2.37. The molecule has 0 bridgehead atoms. The Kier molecular flexibility index (Phi) is 9.12. The number of anilines is 1. The Morgan fingerprint density at radius 3 is 2.46 bits per heavy atom. The summed E-state index contributed by atoms with van der Waals surface area (Å²) in [7, 11) is 0. The molecular formula is C24H32ClN3O11. The van der Waals surface area contributed by atoms with Crippen molar-refractivity contribution in [1.82, 2.24) is 10.5 Å². The van der Waals surface area contributed by atoms with Gasteiger partial charge in [0.2, 0.25) is 0 Å². The summed E-state index contributed by atoms with van der Waals surface area (Å²) in [4.78, 5) is 13.5. The third-order valence-electron chi connectivity index (χ3n) is 7.19. The normalized spacial score (nSPS) is 35.1. The number of nitrogens with two attached hydrogens (primary N) is 1. The fraction of sp³-hybridized carbons (Fsp3) is 0.583. The topological polar surface area (TPSA) is 241 Å². The zero-order valence-electron chi connectivity index (χ0n) is 20.8. The molecule has 1 saturated carbocycles. The van der Waals surface area contributed by atoms with Crippen molar-refractivity contribution in [3.8, 4) is 11.3 Å². The van der Waals surface area contributed by atoms with E-state index >= 15 is 0 Å². The molecule has 0 spiro atoms. The van der Waals surface area contributed by atoms with Gasteiger partial charge in [-0.25, -0.2) is 0 Å². The van der Waals surface area contributed by atoms with Gasteiger partial charge in [0.1, 0.15) is 53.6 Å². The first-order valence-corrected chi connectivity index (χ1v) is 12.6. The molecule has 4 rings (SSSR count). The molecule has 39 heavy (non-hydrogen) atoms. The van der Waals surface area contributed by atoms with E-state index in [0.717, 1.165) is 0 Å². The molecule has 1 saturated heterocycles. The van der Waals surface area contributed by atoms with Crippen molar-refractivity contribution < 1.29 is 54.5 Å². The van der Waals surface area contributed by atoms with E-state index in [9.17, 15) is 40.5 Å². The van der Waals surface area contributed by atoms with Crippen LogP contribution in [0.15, 0.2) is 22.7 Å². The maximum absolute atomic E-state index is 13.5. The molecule has 1 aromatic carbocycles. The molecule has 2 aromatic rings. The summed E-state index contributed by atoms with van der Waals surface area (Å²) in [6.45, 7) is 0.238. The first-order chi connectivity index (χ1) is 18.5. The van der Waals surface area contributed by atoms with Gasteiger partial charge in [-0.1, -0.05) is 22.8 Å². The molecule has 15 heteroatoms. The fourth-order valence-electron chi connectivity index (χ4n) is 4.95. The van der Waals surface area contributed by atoms with Crippen LogP contribution in [0.5, 0.6) is 0 Å². The number of aliphatic hydroxyl groups is 7. The number of nitrogens with zero attached hydrogens (tertiary/aromatic N) is 1. The zero-order valence-corrected chi connectivity index (χ0v) is 21.5. The van der Waals surface area contributed by atoms with Crippen LogP contribution in [0.1, 0.15) is 22.5 Å². The van der Waals surface area contributed by atoms with E-state index in [1.807, 2.05) is 0 Å². The van der Waals surface area contributed by atoms with Crippen molar-refractivity contribution in [2.75, 3.05) is 18.9 Å². The predicted octanol–water partition coefficient (Wildman–Crippen LogP) is -2.10. The quantitative estimate of drug-likeness (QED) is 0.161. The standard InChI is InChI=1S/C24H32ClN3O11/c1-8-14(16(28-39-8)15-10(25)3-2-4-11(15)26)23(36)27-17-21(34)20(33)13(7-30)38-24(17)37-12-5-9(6-29)18(31)22(35)19(12)32/h2-4,9,12-13,17-22,24,29-35H,5-7,26H2,1H3,(H,27,36)/t9-,12?,13-,17-,18-,19+,20-,21-,22-,24+/m1/s1. The van der Waals surface area contributed by atoms with Gasteiger partial charge >= 0.3 is 0 Å². The number of nitrogens with one attached hydrogen (secondary N) is 1. The molecule has 0 radical (unpaired) electrons. The number of amides is 1. The summed E-state index contributed by atoms with van der Waals surface area (Å²) in [5.41, 5.74) is 6.47. The summed E-state index contributed by atoms with van der Waals surface area (Å²) in [5, 5.41) is 78.0. The van der Waals surface area contributed by atoms with E-state index in [1.165, 1.54) is 6.92 Å². The van der Waals surface area contributed by atoms with E-state index in [0.29, 0.717) is 0 Å². The molecule has 216 valence electrons. The van der Waals surface area contributed by atoms with Crippen LogP contribution in [-0.4, -0.2) is 115 Å². The van der Waals surface area contributed by atoms with Crippen molar-refractivity contribution in [1.29, 1.82) is 0 Å². The maximum atomic E-state index is 13.5. The molecule has 1 aliphatic carbocycles. The lowest BCUT2D eigenvalue weighted by molar-refractivity contribution is -0.301. The number of benzene rings is 1. The molecule has 2 fully saturated rings. The van der Waals surface area contributed by atoms with Crippen LogP contribution in [0, 0.1) is 12.8 Å². The SMILES string of the molecule is Cc1onc(-c2c(N)cccc2Cl)c1C(=O)N[C@H]1[C@@H](OC2C[C@H](CO)[C@@H](O)[C@@H](O)[C@H]2O)O[C@H](CO)[C@@H](O)[C@@H]1O. The van der Waals surface area contributed by atoms with Gasteiger partial charge in [0.15, 0.2) is 6.29 Å². The lowest BCUT2D eigenvalue weighted by Crippen LogP contribution is -2.66. The highest BCUT2D eigenvalue weighted by molar-refractivity contribution is 6.34. The van der Waals surface area contributed by atoms with Crippen molar-refractivity contribution in [3.63, 3.8) is 0 Å². The van der Waals surface area contributed by atoms with E-state index in [-0.39, 0.29) is 39.7 Å². The number of aryl methyl sites for hydroxylation is 1. The fourth-order valence-corrected chi connectivity index (χ4v) is 5.22. The number of halogens is 1. The molecule has 1 aliphatic heterocycles. The van der Waals surface area contributed by atoms with Crippen molar-refractivity contribution in [2.24, 2.45) is 5.92 Å². The van der Waals surface area contributed by atoms with Crippen LogP contribution < -0.4 is 11.1 Å². The van der Waals surface area contributed by atoms with Crippen molar-refractivity contribution in [2.45, 2.75) is 68.4 Å². The molecule has 1 amide bonds. The average molecular weight is 574 g/mol. The number of aliphatic hydroxyl groups excluding tert-OH is 7. The highest BCUT2D eigenvalue weighted by Gasteiger charge is 2.50. The summed E-state index contributed by atoms with van der Waals surface area (Å²) in [6, 6.07) is 3.25. The monoisotopic (exact) mass is 573 g/mol. The first kappa shape index (κ1) is 29.6. The summed E-state index contributed by atoms with van der Waals surface area (Å²) in [6.07, 6.45) is -12.3. The molecule has 10 atom stereocenters. The smallest absolute Gasteiger partial charge is 0.257 e. The van der Waals surface area contributed by atoms with Gasteiger partial charge in [-0.2, -0.15) is 0 Å². The average Bonchev–Trinajstić information content (AvgIpc) is 3.28. The molecular weight excluding hydrogens is 542 g/mol. The molecule has 10 N–H and O–H groups in total. The van der Waals surface area contributed by atoms with Crippen LogP contribution in [0.2, 0.25) is 5.02 Å². The Balaban J connectivity index is 1.64. The lowest BCUT2D eigenvalue weighted by Gasteiger charge is -2.46. The molecule has 2 heterocycles. The molecule has 14 nitrogen and oxygen atoms in total. The Morgan fingerprint density at radius 1 is 1.10 bits per heavy atom. The highest BCUT2D eigenvalue weighted by atomic mass is 35.5. The van der Waals surface area contributed by atoms with E-state index in [1.54, 1.807) is 18.2 Å². The largest absolute Gasteiger partial charge is 0.398 e. The Bertz CT molecular complexity index is 1140. The Morgan fingerprint density at radius 2 is 1.82 bits per heavy atom. The highest BCUT2D eigenvalue weighted by Crippen LogP contribution is 2.36. The van der Waals surface area contributed by atoms with E-state index < -0.39 is 80.1 Å². The number of carbonyl (C=O) groups excluding carboxylic acids is 1. The third-order valence-corrected chi connectivity index (χ3v) is 7.51. The van der Waals surface area contributed by atoms with Gasteiger partial charge < -0.3 is 60.8 Å². The number of aromatic nitrogens is 1. The van der Waals surface area contributed by atoms with Gasteiger partial charge in [-0.3, -0.25) is 4.79 Å². The Labute approximate surface area is 227 Å². The second kappa shape index (κ2) is 12.0. The van der Waals surface area contributed by atoms with Gasteiger partial charge in [-0.05, 0) is 25.5 Å². The van der Waals surface area contributed by atoms with Crippen LogP contribution in [0.3, 0.4) is 0 Å². The summed E-state index contributed by atoms with van der Waals surface area (Å²) >= 11 is 6.30. The number of carbonyl (C=O) groups is 1. The van der Waals surface area contributed by atoms with Crippen LogP contribution in [-0.2, 0) is 9.47 Å². The number of rotatable bonds is 7. The summed E-state index contributed by atoms with van der Waals surface area (Å²) in [5.74, 6) is -1.59. The van der Waals surface area contributed by atoms with Crippen LogP contribution in [0.4, 0.5) is 5.69 Å². The second-order valence-electron chi connectivity index (χ2n) is 9.70. The van der Waals surface area contributed by atoms with Gasteiger partial charge in [0.25, 0.3) is 5.91 Å². The van der Waals surface area contributed by atoms with Gasteiger partial charge in [0.05, 0.1) is 23.8 Å². The predicted molar refractivity (Wildman–Crippen MR) is 133 cm³/mol. The van der Waals surface area contributed by atoms with Crippen molar-refractivity contribution in [3.05, 3.63) is 34.5 Å². The molecule has 1 aromatic heterocycles. The minimum Gasteiger partial charge on any atom is -0.398 e. The second-order valence-corrected chi connectivity index (χ2v) is 10.1. The van der Waals surface area contributed by atoms with Crippen molar-refractivity contribution >= 4 is 23.2 Å². The van der Waals surface area contributed by atoms with E-state index in [2.05, 4.69) is 10.5 Å². The minimum atomic E-state index is -1.72. The lowest BCUT2D eigenvalue weighted by atomic mass is 9.81. The van der Waals surface area contributed by atoms with Gasteiger partial charge in [-0.15, -0.1) is 0 Å².